The Balaban J connectivity index is 2.07. The van der Waals surface area contributed by atoms with Gasteiger partial charge in [-0.3, -0.25) is 4.79 Å². The maximum absolute atomic E-state index is 12.3. The fourth-order valence-corrected chi connectivity index (χ4v) is 2.76. The van der Waals surface area contributed by atoms with Gasteiger partial charge in [0.25, 0.3) is 0 Å². The van der Waals surface area contributed by atoms with Gasteiger partial charge in [-0.1, -0.05) is 25.9 Å². The van der Waals surface area contributed by atoms with E-state index in [0.29, 0.717) is 25.2 Å². The van der Waals surface area contributed by atoms with Crippen LogP contribution in [0.5, 0.6) is 0 Å². The molecule has 0 radical (unpaired) electrons. The van der Waals surface area contributed by atoms with Gasteiger partial charge >= 0.3 is 6.09 Å². The van der Waals surface area contributed by atoms with Gasteiger partial charge in [0.1, 0.15) is 6.26 Å². The minimum atomic E-state index is -0.926. The smallest absolute Gasteiger partial charge is 0.407 e. The van der Waals surface area contributed by atoms with Crippen molar-refractivity contribution >= 4 is 17.8 Å². The Labute approximate surface area is 123 Å². The molecule has 7 heteroatoms. The molecule has 1 saturated heterocycles. The summed E-state index contributed by atoms with van der Waals surface area (Å²) in [5.74, 6) is 0.0256. The van der Waals surface area contributed by atoms with Crippen LogP contribution in [0.4, 0.5) is 10.6 Å². The number of hydrogen-bond acceptors (Lipinski definition) is 4. The van der Waals surface area contributed by atoms with Crippen LogP contribution in [0.1, 0.15) is 33.6 Å². The number of carbonyl (C=O) groups excluding carboxylic acids is 1. The molecule has 0 aliphatic carbocycles. The number of carboxylic acid groups (broad SMARTS) is 1. The van der Waals surface area contributed by atoms with Crippen LogP contribution in [0.2, 0.25) is 0 Å². The summed E-state index contributed by atoms with van der Waals surface area (Å²) in [5.41, 5.74) is -0.217. The zero-order valence-electron chi connectivity index (χ0n) is 12.5. The highest BCUT2D eigenvalue weighted by Gasteiger charge is 2.40. The standard InChI is InChI=1S/C14H21N3O4/c1-14(2,3)10-8-9(4-6-17(10)13(19)20)12(18)15-11-5-7-21-16-11/h5,7,9-10H,4,6,8H2,1-3H3,(H,19,20)(H,15,16,18). The lowest BCUT2D eigenvalue weighted by Gasteiger charge is -2.44. The predicted molar refractivity (Wildman–Crippen MR) is 75.8 cm³/mol. The number of amides is 2. The van der Waals surface area contributed by atoms with E-state index in [1.165, 1.54) is 11.2 Å². The molecule has 21 heavy (non-hydrogen) atoms. The van der Waals surface area contributed by atoms with Gasteiger partial charge in [0.2, 0.25) is 5.91 Å². The highest BCUT2D eigenvalue weighted by Crippen LogP contribution is 2.35. The number of nitrogens with one attached hydrogen (secondary N) is 1. The first-order valence-corrected chi connectivity index (χ1v) is 7.00. The molecular weight excluding hydrogens is 274 g/mol. The summed E-state index contributed by atoms with van der Waals surface area (Å²) >= 11 is 0. The molecule has 1 aliphatic rings. The molecule has 0 saturated carbocycles. The lowest BCUT2D eigenvalue weighted by molar-refractivity contribution is -0.122. The average Bonchev–Trinajstić information content (AvgIpc) is 2.89. The summed E-state index contributed by atoms with van der Waals surface area (Å²) < 4.78 is 4.68. The fourth-order valence-electron chi connectivity index (χ4n) is 2.76. The van der Waals surface area contributed by atoms with E-state index in [1.54, 1.807) is 6.07 Å². The molecule has 1 aliphatic heterocycles. The van der Waals surface area contributed by atoms with Crippen molar-refractivity contribution in [2.45, 2.75) is 39.7 Å². The lowest BCUT2D eigenvalue weighted by Crippen LogP contribution is -2.53. The average molecular weight is 295 g/mol. The first-order valence-electron chi connectivity index (χ1n) is 7.00. The van der Waals surface area contributed by atoms with Gasteiger partial charge in [-0.2, -0.15) is 0 Å². The van der Waals surface area contributed by atoms with E-state index in [-0.39, 0.29) is 23.3 Å². The van der Waals surface area contributed by atoms with E-state index in [4.69, 9.17) is 0 Å². The van der Waals surface area contributed by atoms with Gasteiger partial charge in [-0.25, -0.2) is 4.79 Å². The summed E-state index contributed by atoms with van der Waals surface area (Å²) in [7, 11) is 0. The van der Waals surface area contributed by atoms with Gasteiger partial charge in [0.05, 0.1) is 0 Å². The van der Waals surface area contributed by atoms with E-state index in [1.807, 2.05) is 20.8 Å². The number of hydrogen-bond donors (Lipinski definition) is 2. The zero-order valence-corrected chi connectivity index (χ0v) is 12.5. The lowest BCUT2D eigenvalue weighted by atomic mass is 9.77. The Hall–Kier alpha value is -2.05. The number of carbonyl (C=O) groups is 2. The van der Waals surface area contributed by atoms with Crippen molar-refractivity contribution in [1.82, 2.24) is 10.1 Å². The highest BCUT2D eigenvalue weighted by molar-refractivity contribution is 5.91. The maximum atomic E-state index is 12.3. The molecule has 2 rings (SSSR count). The number of aromatic nitrogens is 1. The molecule has 1 aromatic heterocycles. The van der Waals surface area contributed by atoms with Crippen LogP contribution in [-0.4, -0.2) is 39.8 Å². The molecule has 1 aromatic rings. The topological polar surface area (TPSA) is 95.7 Å². The fraction of sp³-hybridized carbons (Fsp3) is 0.643. The van der Waals surface area contributed by atoms with Crippen LogP contribution >= 0.6 is 0 Å². The van der Waals surface area contributed by atoms with Crippen molar-refractivity contribution in [2.75, 3.05) is 11.9 Å². The van der Waals surface area contributed by atoms with E-state index in [2.05, 4.69) is 15.0 Å². The Morgan fingerprint density at radius 2 is 2.19 bits per heavy atom. The second kappa shape index (κ2) is 5.75. The van der Waals surface area contributed by atoms with Crippen molar-refractivity contribution in [2.24, 2.45) is 11.3 Å². The minimum absolute atomic E-state index is 0.136. The monoisotopic (exact) mass is 295 g/mol. The third-order valence-electron chi connectivity index (χ3n) is 3.91. The summed E-state index contributed by atoms with van der Waals surface area (Å²) in [6.45, 7) is 6.34. The zero-order chi connectivity index (χ0) is 15.6. The molecule has 2 atom stereocenters. The second-order valence-electron chi connectivity index (χ2n) is 6.45. The SMILES string of the molecule is CC(C)(C)C1CC(C(=O)Nc2ccon2)CCN1C(=O)O. The number of piperidine rings is 1. The third kappa shape index (κ3) is 3.53. The van der Waals surface area contributed by atoms with Crippen LogP contribution < -0.4 is 5.32 Å². The van der Waals surface area contributed by atoms with Crippen molar-refractivity contribution in [3.63, 3.8) is 0 Å². The van der Waals surface area contributed by atoms with E-state index >= 15 is 0 Å². The molecule has 2 unspecified atom stereocenters. The molecule has 7 nitrogen and oxygen atoms in total. The Morgan fingerprint density at radius 1 is 1.48 bits per heavy atom. The number of anilines is 1. The van der Waals surface area contributed by atoms with Crippen molar-refractivity contribution in [3.05, 3.63) is 12.3 Å². The van der Waals surface area contributed by atoms with Crippen LogP contribution in [0.3, 0.4) is 0 Å². The predicted octanol–water partition coefficient (Wildman–Crippen LogP) is 2.42. The van der Waals surface area contributed by atoms with Gasteiger partial charge in [0.15, 0.2) is 5.82 Å². The minimum Gasteiger partial charge on any atom is -0.465 e. The number of likely N-dealkylation sites (tertiary alicyclic amines) is 1. The van der Waals surface area contributed by atoms with Gasteiger partial charge in [-0.05, 0) is 18.3 Å². The van der Waals surface area contributed by atoms with Crippen molar-refractivity contribution < 1.29 is 19.2 Å². The molecule has 0 spiro atoms. The van der Waals surface area contributed by atoms with Gasteiger partial charge < -0.3 is 19.8 Å². The molecule has 2 amide bonds. The largest absolute Gasteiger partial charge is 0.465 e. The van der Waals surface area contributed by atoms with Gasteiger partial charge in [0, 0.05) is 24.6 Å². The van der Waals surface area contributed by atoms with E-state index < -0.39 is 6.09 Å². The number of rotatable bonds is 2. The first-order chi connectivity index (χ1) is 9.79. The van der Waals surface area contributed by atoms with Crippen LogP contribution in [0.25, 0.3) is 0 Å². The van der Waals surface area contributed by atoms with Gasteiger partial charge in [-0.15, -0.1) is 0 Å². The van der Waals surface area contributed by atoms with Crippen LogP contribution in [-0.2, 0) is 4.79 Å². The molecule has 2 N–H and O–H groups in total. The molecule has 2 heterocycles. The van der Waals surface area contributed by atoms with E-state index in [0.717, 1.165) is 0 Å². The Bertz CT molecular complexity index is 507. The van der Waals surface area contributed by atoms with Crippen LogP contribution in [0.15, 0.2) is 16.9 Å². The molecule has 0 aromatic carbocycles. The number of nitrogens with zero attached hydrogens (tertiary/aromatic N) is 2. The molecule has 116 valence electrons. The Kier molecular flexibility index (Phi) is 4.20. The third-order valence-corrected chi connectivity index (χ3v) is 3.91. The summed E-state index contributed by atoms with van der Waals surface area (Å²) in [5, 5.41) is 15.7. The second-order valence-corrected chi connectivity index (χ2v) is 6.45. The molecule has 1 fully saturated rings. The van der Waals surface area contributed by atoms with Crippen molar-refractivity contribution in [3.8, 4) is 0 Å². The summed E-state index contributed by atoms with van der Waals surface area (Å²) in [6, 6.07) is 1.39. The molecule has 0 bridgehead atoms. The van der Waals surface area contributed by atoms with Crippen molar-refractivity contribution in [1.29, 1.82) is 0 Å². The highest BCUT2D eigenvalue weighted by atomic mass is 16.5. The Morgan fingerprint density at radius 3 is 2.71 bits per heavy atom. The summed E-state index contributed by atoms with van der Waals surface area (Å²) in [4.78, 5) is 25.0. The maximum Gasteiger partial charge on any atom is 0.407 e. The van der Waals surface area contributed by atoms with Crippen LogP contribution in [0, 0.1) is 11.3 Å². The molecular formula is C14H21N3O4. The normalized spacial score (nSPS) is 22.9. The quantitative estimate of drug-likeness (QED) is 0.873. The summed E-state index contributed by atoms with van der Waals surface area (Å²) in [6.07, 6.45) is 1.49. The first kappa shape index (κ1) is 15.3. The van der Waals surface area contributed by atoms with E-state index in [9.17, 15) is 14.7 Å².